The van der Waals surface area contributed by atoms with Crippen molar-refractivity contribution in [1.29, 1.82) is 0 Å². The highest BCUT2D eigenvalue weighted by molar-refractivity contribution is 7.95. The molecule has 82 valence electrons. The lowest BCUT2D eigenvalue weighted by atomic mass is 9.81. The minimum Gasteiger partial charge on any atom is -0.299 e. The lowest BCUT2D eigenvalue weighted by Crippen LogP contribution is -2.16. The topological polar surface area (TPSA) is 38.5 Å². The fourth-order valence-electron chi connectivity index (χ4n) is 1.41. The molecule has 1 unspecified atom stereocenters. The Balaban J connectivity index is 2.90. The quantitative estimate of drug-likeness (QED) is 0.692. The summed E-state index contributed by atoms with van der Waals surface area (Å²) >= 11 is 0. The van der Waals surface area contributed by atoms with Crippen LogP contribution in [0.25, 0.3) is 4.85 Å². The van der Waals surface area contributed by atoms with E-state index in [0.717, 1.165) is 12.8 Å². The summed E-state index contributed by atoms with van der Waals surface area (Å²) in [4.78, 5) is 3.22. The summed E-state index contributed by atoms with van der Waals surface area (Å²) in [6.45, 7) is 10.8. The molecule has 3 nitrogen and oxygen atoms in total. The average molecular weight is 225 g/mol. The van der Waals surface area contributed by atoms with Crippen LogP contribution in [0.3, 0.4) is 0 Å². The normalized spacial score (nSPS) is 25.8. The van der Waals surface area contributed by atoms with E-state index in [1.807, 2.05) is 6.08 Å². The van der Waals surface area contributed by atoms with E-state index in [0.29, 0.717) is 4.91 Å². The first-order valence-electron chi connectivity index (χ1n) is 4.89. The Labute approximate surface area is 91.2 Å². The summed E-state index contributed by atoms with van der Waals surface area (Å²) in [6, 6.07) is 0. The minimum absolute atomic E-state index is 0.0666. The van der Waals surface area contributed by atoms with Crippen LogP contribution in [0.4, 0.5) is 0 Å². The molecule has 0 N–H and O–H groups in total. The maximum Gasteiger partial charge on any atom is 0.316 e. The molecular formula is C11H15NO2S. The smallest absolute Gasteiger partial charge is 0.299 e. The van der Waals surface area contributed by atoms with Crippen LogP contribution in [-0.4, -0.2) is 14.3 Å². The van der Waals surface area contributed by atoms with Crippen LogP contribution in [0.5, 0.6) is 0 Å². The molecule has 0 spiro atoms. The van der Waals surface area contributed by atoms with Crippen LogP contribution in [0.2, 0.25) is 0 Å². The molecule has 1 aliphatic rings. The van der Waals surface area contributed by atoms with E-state index in [4.69, 9.17) is 6.57 Å². The zero-order valence-corrected chi connectivity index (χ0v) is 9.84. The van der Waals surface area contributed by atoms with Crippen molar-refractivity contribution in [3.8, 4) is 0 Å². The third kappa shape index (κ3) is 2.69. The van der Waals surface area contributed by atoms with E-state index in [-0.39, 0.29) is 5.41 Å². The Hall–Kier alpha value is -1.08. The van der Waals surface area contributed by atoms with Gasteiger partial charge in [-0.05, 0) is 24.3 Å². The van der Waals surface area contributed by atoms with Crippen molar-refractivity contribution in [3.63, 3.8) is 0 Å². The van der Waals surface area contributed by atoms with Crippen molar-refractivity contribution in [2.75, 3.05) is 5.88 Å². The summed E-state index contributed by atoms with van der Waals surface area (Å²) in [5, 5.41) is 0. The third-order valence-corrected chi connectivity index (χ3v) is 4.31. The molecule has 0 saturated heterocycles. The maximum absolute atomic E-state index is 11.6. The molecule has 0 fully saturated rings. The van der Waals surface area contributed by atoms with Crippen molar-refractivity contribution in [3.05, 3.63) is 34.6 Å². The highest BCUT2D eigenvalue weighted by Crippen LogP contribution is 2.33. The van der Waals surface area contributed by atoms with E-state index < -0.39 is 15.7 Å². The number of allylic oxidation sites excluding steroid dienone is 3. The van der Waals surface area contributed by atoms with Crippen LogP contribution in [-0.2, 0) is 9.84 Å². The minimum atomic E-state index is -3.37. The van der Waals surface area contributed by atoms with Crippen LogP contribution < -0.4 is 0 Å². The Bertz CT molecular complexity index is 440. The van der Waals surface area contributed by atoms with E-state index in [1.54, 1.807) is 12.2 Å². The molecule has 1 rings (SSSR count). The molecule has 15 heavy (non-hydrogen) atoms. The Kier molecular flexibility index (Phi) is 3.35. The fourth-order valence-corrected chi connectivity index (χ4v) is 2.34. The standard InChI is InChI=1S/C11H15NO2S/c1-4-11(2)7-5-10(6-8-11)15(13,14)9-12-3/h5-7H,4,8-9H2,1-2H3. The number of rotatable bonds is 3. The summed E-state index contributed by atoms with van der Waals surface area (Å²) in [5.41, 5.74) is 0.0666. The van der Waals surface area contributed by atoms with Gasteiger partial charge in [-0.1, -0.05) is 26.0 Å². The Morgan fingerprint density at radius 2 is 2.27 bits per heavy atom. The molecule has 1 atom stereocenters. The summed E-state index contributed by atoms with van der Waals surface area (Å²) in [7, 11) is -3.37. The summed E-state index contributed by atoms with van der Waals surface area (Å²) < 4.78 is 23.1. The average Bonchev–Trinajstić information content (AvgIpc) is 2.18. The molecule has 0 aromatic carbocycles. The van der Waals surface area contributed by atoms with Gasteiger partial charge < -0.3 is 0 Å². The highest BCUT2D eigenvalue weighted by Gasteiger charge is 2.26. The highest BCUT2D eigenvalue weighted by atomic mass is 32.2. The van der Waals surface area contributed by atoms with Crippen molar-refractivity contribution in [1.82, 2.24) is 0 Å². The molecular weight excluding hydrogens is 210 g/mol. The molecule has 0 aromatic heterocycles. The lowest BCUT2D eigenvalue weighted by molar-refractivity contribution is 0.413. The van der Waals surface area contributed by atoms with E-state index in [9.17, 15) is 8.42 Å². The molecule has 0 aromatic rings. The van der Waals surface area contributed by atoms with Crippen LogP contribution in [0.1, 0.15) is 26.7 Å². The molecule has 0 aliphatic heterocycles. The number of hydrogen-bond donors (Lipinski definition) is 0. The first kappa shape index (κ1) is 12.0. The van der Waals surface area contributed by atoms with Crippen LogP contribution >= 0.6 is 0 Å². The van der Waals surface area contributed by atoms with Gasteiger partial charge in [0.25, 0.3) is 9.84 Å². The van der Waals surface area contributed by atoms with Gasteiger partial charge in [0.15, 0.2) is 0 Å². The van der Waals surface area contributed by atoms with Crippen LogP contribution in [0, 0.1) is 12.0 Å². The first-order valence-corrected chi connectivity index (χ1v) is 6.54. The van der Waals surface area contributed by atoms with Gasteiger partial charge in [0.2, 0.25) is 0 Å². The molecule has 1 aliphatic carbocycles. The molecule has 0 amide bonds. The maximum atomic E-state index is 11.6. The second kappa shape index (κ2) is 4.19. The van der Waals surface area contributed by atoms with E-state index in [1.165, 1.54) is 0 Å². The predicted octanol–water partition coefficient (Wildman–Crippen LogP) is 2.54. The molecule has 0 bridgehead atoms. The molecule has 0 saturated carbocycles. The monoisotopic (exact) mass is 225 g/mol. The number of sulfone groups is 1. The molecule has 0 heterocycles. The van der Waals surface area contributed by atoms with Crippen LogP contribution in [0.15, 0.2) is 23.1 Å². The number of nitrogens with zero attached hydrogens (tertiary/aromatic N) is 1. The zero-order valence-electron chi connectivity index (χ0n) is 9.03. The summed E-state index contributed by atoms with van der Waals surface area (Å²) in [6.07, 6.45) is 7.00. The molecule has 0 radical (unpaired) electrons. The van der Waals surface area contributed by atoms with Crippen molar-refractivity contribution in [2.24, 2.45) is 5.41 Å². The van der Waals surface area contributed by atoms with E-state index >= 15 is 0 Å². The van der Waals surface area contributed by atoms with Crippen molar-refractivity contribution >= 4 is 9.84 Å². The van der Waals surface area contributed by atoms with Gasteiger partial charge in [-0.25, -0.2) is 15.0 Å². The zero-order chi connectivity index (χ0) is 11.5. The fraction of sp³-hybridized carbons (Fsp3) is 0.545. The summed E-state index contributed by atoms with van der Waals surface area (Å²) in [5.74, 6) is -0.452. The second-order valence-electron chi connectivity index (χ2n) is 4.05. The van der Waals surface area contributed by atoms with E-state index in [2.05, 4.69) is 18.7 Å². The van der Waals surface area contributed by atoms with Crippen molar-refractivity contribution < 1.29 is 8.42 Å². The lowest BCUT2D eigenvalue weighted by Gasteiger charge is -2.25. The first-order chi connectivity index (χ1) is 6.93. The van der Waals surface area contributed by atoms with Gasteiger partial charge in [-0.15, -0.1) is 0 Å². The van der Waals surface area contributed by atoms with Crippen molar-refractivity contribution in [2.45, 2.75) is 26.7 Å². The number of hydrogen-bond acceptors (Lipinski definition) is 2. The van der Waals surface area contributed by atoms with Gasteiger partial charge in [0, 0.05) is 0 Å². The SMILES string of the molecule is [C-]#[N+]CS(=O)(=O)C1=CCC(C)(CC)C=C1. The van der Waals surface area contributed by atoms with Gasteiger partial charge >= 0.3 is 5.88 Å². The van der Waals surface area contributed by atoms with Gasteiger partial charge in [0.1, 0.15) is 0 Å². The van der Waals surface area contributed by atoms with Gasteiger partial charge in [-0.3, -0.25) is 4.85 Å². The predicted molar refractivity (Wildman–Crippen MR) is 60.6 cm³/mol. The Morgan fingerprint density at radius 1 is 1.60 bits per heavy atom. The van der Waals surface area contributed by atoms with Gasteiger partial charge in [0.05, 0.1) is 4.91 Å². The van der Waals surface area contributed by atoms with Gasteiger partial charge in [-0.2, -0.15) is 0 Å². The Morgan fingerprint density at radius 3 is 2.67 bits per heavy atom. The third-order valence-electron chi connectivity index (χ3n) is 2.82. The largest absolute Gasteiger partial charge is 0.316 e. The molecule has 4 heteroatoms. The second-order valence-corrected chi connectivity index (χ2v) is 6.01.